The quantitative estimate of drug-likeness (QED) is 0.605. The summed E-state index contributed by atoms with van der Waals surface area (Å²) in [7, 11) is 1.62. The van der Waals surface area contributed by atoms with Gasteiger partial charge < -0.3 is 14.1 Å². The molecule has 5 rings (SSSR count). The third kappa shape index (κ3) is 4.02. The van der Waals surface area contributed by atoms with Crippen LogP contribution >= 0.6 is 0 Å². The number of aromatic nitrogens is 2. The van der Waals surface area contributed by atoms with Gasteiger partial charge in [-0.1, -0.05) is 6.92 Å². The van der Waals surface area contributed by atoms with Crippen molar-refractivity contribution in [3.63, 3.8) is 0 Å². The van der Waals surface area contributed by atoms with E-state index >= 15 is 0 Å². The minimum absolute atomic E-state index is 0.302. The van der Waals surface area contributed by atoms with E-state index in [1.807, 2.05) is 25.1 Å². The topological polar surface area (TPSA) is 71.7 Å². The van der Waals surface area contributed by atoms with Crippen LogP contribution in [0.5, 0.6) is 5.75 Å². The molecule has 0 bridgehead atoms. The maximum atomic E-state index is 12.9. The molecule has 1 saturated carbocycles. The van der Waals surface area contributed by atoms with E-state index in [0.717, 1.165) is 49.0 Å². The number of pyridine rings is 1. The number of nitrogens with zero attached hydrogens (tertiary/aromatic N) is 4. The van der Waals surface area contributed by atoms with Crippen LogP contribution in [-0.2, 0) is 6.42 Å². The minimum Gasteiger partial charge on any atom is -0.497 e. The van der Waals surface area contributed by atoms with E-state index in [1.165, 1.54) is 19.4 Å². The van der Waals surface area contributed by atoms with Crippen LogP contribution in [0.3, 0.4) is 0 Å². The first kappa shape index (κ1) is 20.0. The Morgan fingerprint density at radius 1 is 1.19 bits per heavy atom. The number of fused-ring (bicyclic) bond motifs is 1. The van der Waals surface area contributed by atoms with Crippen LogP contribution in [0, 0.1) is 5.92 Å². The zero-order valence-corrected chi connectivity index (χ0v) is 18.1. The summed E-state index contributed by atoms with van der Waals surface area (Å²) < 4.78 is 11.1. The first-order valence-corrected chi connectivity index (χ1v) is 11.1. The normalized spacial score (nSPS) is 17.3. The van der Waals surface area contributed by atoms with E-state index in [4.69, 9.17) is 14.1 Å². The second kappa shape index (κ2) is 8.30. The Labute approximate surface area is 181 Å². The molecule has 7 heteroatoms. The summed E-state index contributed by atoms with van der Waals surface area (Å²) in [5.41, 5.74) is 1.84. The maximum Gasteiger partial charge on any atom is 0.347 e. The molecule has 0 unspecified atom stereocenters. The van der Waals surface area contributed by atoms with E-state index in [1.54, 1.807) is 19.4 Å². The fourth-order valence-electron chi connectivity index (χ4n) is 4.39. The van der Waals surface area contributed by atoms with Crippen molar-refractivity contribution in [2.75, 3.05) is 44.7 Å². The monoisotopic (exact) mass is 420 g/mol. The van der Waals surface area contributed by atoms with Gasteiger partial charge >= 0.3 is 5.63 Å². The molecule has 2 aliphatic rings. The number of ether oxygens (including phenoxy) is 1. The van der Waals surface area contributed by atoms with Crippen molar-refractivity contribution in [2.24, 2.45) is 5.92 Å². The molecule has 31 heavy (non-hydrogen) atoms. The number of hydrogen-bond acceptors (Lipinski definition) is 7. The van der Waals surface area contributed by atoms with Gasteiger partial charge in [0.05, 0.1) is 23.6 Å². The molecule has 162 valence electrons. The number of piperazine rings is 1. The number of methoxy groups -OCH3 is 1. The van der Waals surface area contributed by atoms with Crippen LogP contribution in [0.2, 0.25) is 0 Å². The summed E-state index contributed by atoms with van der Waals surface area (Å²) in [5, 5.41) is 0.520. The zero-order valence-electron chi connectivity index (χ0n) is 18.1. The molecular weight excluding hydrogens is 392 g/mol. The molecule has 2 aromatic heterocycles. The van der Waals surface area contributed by atoms with Crippen LogP contribution in [0.4, 0.5) is 5.82 Å². The molecule has 0 N–H and O–H groups in total. The second-order valence-corrected chi connectivity index (χ2v) is 8.45. The average Bonchev–Trinajstić information content (AvgIpc) is 3.62. The van der Waals surface area contributed by atoms with Gasteiger partial charge in [-0.15, -0.1) is 0 Å². The van der Waals surface area contributed by atoms with Crippen molar-refractivity contribution in [3.8, 4) is 17.2 Å². The molecule has 1 aromatic carbocycles. The van der Waals surface area contributed by atoms with Gasteiger partial charge in [-0.05, 0) is 48.9 Å². The van der Waals surface area contributed by atoms with Gasteiger partial charge in [-0.2, -0.15) is 0 Å². The molecular formula is C24H28N4O3. The summed E-state index contributed by atoms with van der Waals surface area (Å²) in [5.74, 6) is 2.71. The predicted octanol–water partition coefficient (Wildman–Crippen LogP) is 3.35. The number of aryl methyl sites for hydroxylation is 1. The van der Waals surface area contributed by atoms with Gasteiger partial charge in [-0.25, -0.2) is 14.8 Å². The summed E-state index contributed by atoms with van der Waals surface area (Å²) in [6.07, 6.45) is 5.24. The van der Waals surface area contributed by atoms with Crippen LogP contribution in [-0.4, -0.2) is 54.7 Å². The molecule has 1 aliphatic heterocycles. The standard InChI is InChI=1S/C24H28N4O3/c1-3-17-13-18(30-2)14-20-21(17)24(29)31-23(26-20)19-5-4-8-25-22(19)28-11-9-27(10-12-28)15-16-6-7-16/h4-5,8,13-14,16H,3,6-7,9-12,15H2,1-2H3. The Hall–Kier alpha value is -2.93. The molecule has 0 spiro atoms. The van der Waals surface area contributed by atoms with Crippen LogP contribution < -0.4 is 15.3 Å². The predicted molar refractivity (Wildman–Crippen MR) is 121 cm³/mol. The summed E-state index contributed by atoms with van der Waals surface area (Å²) in [4.78, 5) is 27.1. The number of rotatable bonds is 6. The molecule has 0 atom stereocenters. The maximum absolute atomic E-state index is 12.9. The van der Waals surface area contributed by atoms with Gasteiger partial charge in [0.1, 0.15) is 11.6 Å². The lowest BCUT2D eigenvalue weighted by molar-refractivity contribution is 0.247. The third-order valence-corrected chi connectivity index (χ3v) is 6.31. The highest BCUT2D eigenvalue weighted by molar-refractivity contribution is 5.84. The van der Waals surface area contributed by atoms with Gasteiger partial charge in [0.15, 0.2) is 0 Å². The van der Waals surface area contributed by atoms with E-state index in [2.05, 4.69) is 14.8 Å². The van der Waals surface area contributed by atoms with E-state index < -0.39 is 0 Å². The largest absolute Gasteiger partial charge is 0.497 e. The first-order valence-electron chi connectivity index (χ1n) is 11.1. The second-order valence-electron chi connectivity index (χ2n) is 8.45. The molecule has 0 amide bonds. The Kier molecular flexibility index (Phi) is 5.36. The zero-order chi connectivity index (χ0) is 21.4. The van der Waals surface area contributed by atoms with Crippen LogP contribution in [0.25, 0.3) is 22.4 Å². The van der Waals surface area contributed by atoms with Crippen LogP contribution in [0.15, 0.2) is 39.7 Å². The summed E-state index contributed by atoms with van der Waals surface area (Å²) in [6, 6.07) is 7.45. The highest BCUT2D eigenvalue weighted by atomic mass is 16.5. The van der Waals surface area contributed by atoms with E-state index in [9.17, 15) is 4.79 Å². The average molecular weight is 421 g/mol. The van der Waals surface area contributed by atoms with Gasteiger partial charge in [-0.3, -0.25) is 4.90 Å². The SMILES string of the molecule is CCc1cc(OC)cc2nc(-c3cccnc3N3CCN(CC4CC4)CC3)oc(=O)c12. The third-order valence-electron chi connectivity index (χ3n) is 6.31. The molecule has 3 aromatic rings. The van der Waals surface area contributed by atoms with Gasteiger partial charge in [0.25, 0.3) is 0 Å². The number of benzene rings is 1. The Bertz CT molecular complexity index is 1150. The Morgan fingerprint density at radius 3 is 2.71 bits per heavy atom. The van der Waals surface area contributed by atoms with Gasteiger partial charge in [0, 0.05) is 45.0 Å². The van der Waals surface area contributed by atoms with Crippen molar-refractivity contribution in [3.05, 3.63) is 46.4 Å². The summed E-state index contributed by atoms with van der Waals surface area (Å²) >= 11 is 0. The van der Waals surface area contributed by atoms with Crippen molar-refractivity contribution >= 4 is 16.7 Å². The summed E-state index contributed by atoms with van der Waals surface area (Å²) in [6.45, 7) is 7.08. The fraction of sp³-hybridized carbons (Fsp3) is 0.458. The van der Waals surface area contributed by atoms with E-state index in [-0.39, 0.29) is 5.63 Å². The number of anilines is 1. The smallest absolute Gasteiger partial charge is 0.347 e. The Balaban J connectivity index is 1.50. The lowest BCUT2D eigenvalue weighted by Gasteiger charge is -2.36. The molecule has 7 nitrogen and oxygen atoms in total. The van der Waals surface area contributed by atoms with Gasteiger partial charge in [0.2, 0.25) is 5.89 Å². The molecule has 2 fully saturated rings. The molecule has 1 aliphatic carbocycles. The lowest BCUT2D eigenvalue weighted by Crippen LogP contribution is -2.47. The molecule has 0 radical (unpaired) electrons. The van der Waals surface area contributed by atoms with Crippen molar-refractivity contribution in [2.45, 2.75) is 26.2 Å². The fourth-order valence-corrected chi connectivity index (χ4v) is 4.39. The van der Waals surface area contributed by atoms with Crippen molar-refractivity contribution < 1.29 is 9.15 Å². The van der Waals surface area contributed by atoms with Crippen molar-refractivity contribution in [1.29, 1.82) is 0 Å². The highest BCUT2D eigenvalue weighted by Gasteiger charge is 2.28. The first-order chi connectivity index (χ1) is 15.2. The van der Waals surface area contributed by atoms with E-state index in [0.29, 0.717) is 29.0 Å². The van der Waals surface area contributed by atoms with Crippen molar-refractivity contribution in [1.82, 2.24) is 14.9 Å². The Morgan fingerprint density at radius 2 is 2.00 bits per heavy atom. The molecule has 1 saturated heterocycles. The minimum atomic E-state index is -0.372. The highest BCUT2D eigenvalue weighted by Crippen LogP contribution is 2.32. The number of hydrogen-bond donors (Lipinski definition) is 0. The lowest BCUT2D eigenvalue weighted by atomic mass is 10.1. The van der Waals surface area contributed by atoms with Crippen LogP contribution in [0.1, 0.15) is 25.3 Å². The molecule has 3 heterocycles.